The smallest absolute Gasteiger partial charge is 0.465 e. The van der Waals surface area contributed by atoms with Gasteiger partial charge in [0.1, 0.15) is 25.7 Å². The van der Waals surface area contributed by atoms with Gasteiger partial charge in [-0.2, -0.15) is 34.6 Å². The number of carbonyl (C=O) groups is 3. The highest BCUT2D eigenvalue weighted by Gasteiger charge is 2.48. The number of ether oxygens (including phenoxy) is 3. The molecule has 1 rings (SSSR count). The van der Waals surface area contributed by atoms with E-state index < -0.39 is 71.2 Å². The second-order valence-electron chi connectivity index (χ2n) is 8.60. The molecule has 0 bridgehead atoms. The van der Waals surface area contributed by atoms with Crippen molar-refractivity contribution in [2.24, 2.45) is 5.41 Å². The van der Waals surface area contributed by atoms with Gasteiger partial charge in [-0.15, -0.1) is 11.8 Å². The third kappa shape index (κ3) is 10.1. The van der Waals surface area contributed by atoms with Crippen molar-refractivity contribution in [2.75, 3.05) is 19.0 Å². The van der Waals surface area contributed by atoms with E-state index in [1.807, 2.05) is 0 Å². The Morgan fingerprint density at radius 2 is 1.53 bits per heavy atom. The van der Waals surface area contributed by atoms with Gasteiger partial charge in [0.15, 0.2) is 0 Å². The summed E-state index contributed by atoms with van der Waals surface area (Å²) in [6.07, 6.45) is -6.74. The molecule has 0 aromatic heterocycles. The Labute approximate surface area is 201 Å². The van der Waals surface area contributed by atoms with Gasteiger partial charge in [0, 0.05) is 18.1 Å². The minimum Gasteiger partial charge on any atom is -0.465 e. The van der Waals surface area contributed by atoms with Gasteiger partial charge < -0.3 is 14.2 Å². The third-order valence-corrected chi connectivity index (χ3v) is 7.31. The maximum Gasteiger partial charge on any atom is 0.490 e. The Morgan fingerprint density at radius 3 is 2.03 bits per heavy atom. The highest BCUT2D eigenvalue weighted by atomic mass is 32.2. The Balaban J connectivity index is 2.93. The molecule has 0 aromatic rings. The first-order chi connectivity index (χ1) is 15.2. The van der Waals surface area contributed by atoms with Crippen LogP contribution in [0.3, 0.4) is 0 Å². The molecule has 3 unspecified atom stereocenters. The molecule has 34 heavy (non-hydrogen) atoms. The summed E-state index contributed by atoms with van der Waals surface area (Å²) in [5, 5.41) is 0. The fourth-order valence-corrected chi connectivity index (χ4v) is 4.72. The van der Waals surface area contributed by atoms with E-state index in [0.717, 1.165) is 11.8 Å². The molecule has 0 radical (unpaired) electrons. The number of halogens is 7. The average molecular weight is 547 g/mol. The number of thiol groups is 1. The van der Waals surface area contributed by atoms with E-state index in [-0.39, 0.29) is 18.6 Å². The molecule has 0 amide bonds. The normalized spacial score (nSPS) is 23.2. The van der Waals surface area contributed by atoms with Crippen molar-refractivity contribution in [3.05, 3.63) is 0 Å². The number of alkyl halides is 7. The fraction of sp³-hybridized carbons (Fsp3) is 0.842. The van der Waals surface area contributed by atoms with E-state index in [2.05, 4.69) is 17.4 Å². The van der Waals surface area contributed by atoms with Crippen molar-refractivity contribution < 1.29 is 59.3 Å². The Hall–Kier alpha value is -1.38. The largest absolute Gasteiger partial charge is 0.490 e. The summed E-state index contributed by atoms with van der Waals surface area (Å²) in [6, 6.07) is 0. The Kier molecular flexibility index (Phi) is 10.0. The zero-order chi connectivity index (χ0) is 26.6. The third-order valence-electron chi connectivity index (χ3n) is 4.60. The van der Waals surface area contributed by atoms with Gasteiger partial charge in [-0.3, -0.25) is 4.79 Å². The van der Waals surface area contributed by atoms with Gasteiger partial charge in [-0.25, -0.2) is 18.4 Å². The minimum atomic E-state index is -5.30. The summed E-state index contributed by atoms with van der Waals surface area (Å²) < 4.78 is 103. The van der Waals surface area contributed by atoms with Crippen molar-refractivity contribution in [3.63, 3.8) is 0 Å². The lowest BCUT2D eigenvalue weighted by Gasteiger charge is -2.35. The predicted molar refractivity (Wildman–Crippen MR) is 110 cm³/mol. The lowest BCUT2D eigenvalue weighted by atomic mass is 9.96. The van der Waals surface area contributed by atoms with E-state index in [9.17, 15) is 45.1 Å². The van der Waals surface area contributed by atoms with Gasteiger partial charge in [0.2, 0.25) is 0 Å². The summed E-state index contributed by atoms with van der Waals surface area (Å²) in [7, 11) is 0. The van der Waals surface area contributed by atoms with E-state index >= 15 is 0 Å². The van der Waals surface area contributed by atoms with Gasteiger partial charge in [0.05, 0.1) is 4.08 Å². The molecular formula is C19H25F7O6S2. The zero-order valence-electron chi connectivity index (χ0n) is 18.5. The number of rotatable bonds is 11. The highest BCUT2D eigenvalue weighted by Crippen LogP contribution is 2.48. The van der Waals surface area contributed by atoms with Crippen molar-refractivity contribution in [3.8, 4) is 0 Å². The highest BCUT2D eigenvalue weighted by molar-refractivity contribution is 8.11. The van der Waals surface area contributed by atoms with Crippen LogP contribution in [0.25, 0.3) is 0 Å². The van der Waals surface area contributed by atoms with Crippen LogP contribution in [0.5, 0.6) is 0 Å². The first kappa shape index (κ1) is 30.7. The molecule has 198 valence electrons. The molecule has 1 saturated carbocycles. The van der Waals surface area contributed by atoms with Crippen LogP contribution in [-0.2, 0) is 28.6 Å². The van der Waals surface area contributed by atoms with Gasteiger partial charge >= 0.3 is 30.0 Å². The summed E-state index contributed by atoms with van der Waals surface area (Å²) in [5.74, 6) is -13.0. The van der Waals surface area contributed by atoms with Gasteiger partial charge in [0.25, 0.3) is 5.92 Å². The van der Waals surface area contributed by atoms with Crippen LogP contribution in [0.1, 0.15) is 46.5 Å². The molecular weight excluding hydrogens is 521 g/mol. The quantitative estimate of drug-likeness (QED) is 0.131. The number of hydrogen-bond acceptors (Lipinski definition) is 8. The maximum atomic E-state index is 13.2. The molecule has 0 spiro atoms. The molecule has 1 fully saturated rings. The van der Waals surface area contributed by atoms with Crippen LogP contribution in [0, 0.1) is 5.41 Å². The summed E-state index contributed by atoms with van der Waals surface area (Å²) in [5.41, 5.74) is -1.51. The number of esters is 3. The fourth-order valence-electron chi connectivity index (χ4n) is 2.78. The standard InChI is InChI=1S/C19H25F7O6S2/c1-15(9-31-14(29)19(24,25)26,8-30-12(27)7-16(2,20)21)10-34-18(33)6-4-5-11(18)32-13(28)17(3,22)23/h11,33H,4-10H2,1-3H3. The van der Waals surface area contributed by atoms with Gasteiger partial charge in [-0.1, -0.05) is 6.92 Å². The summed E-state index contributed by atoms with van der Waals surface area (Å²) in [4.78, 5) is 34.4. The molecule has 1 aliphatic rings. The lowest BCUT2D eigenvalue weighted by molar-refractivity contribution is -0.203. The topological polar surface area (TPSA) is 78.9 Å². The molecule has 0 aromatic carbocycles. The van der Waals surface area contributed by atoms with E-state index in [1.165, 1.54) is 6.92 Å². The molecule has 15 heteroatoms. The van der Waals surface area contributed by atoms with Crippen LogP contribution in [0.4, 0.5) is 30.7 Å². The van der Waals surface area contributed by atoms with Crippen molar-refractivity contribution in [1.82, 2.24) is 0 Å². The van der Waals surface area contributed by atoms with Crippen LogP contribution >= 0.6 is 24.4 Å². The van der Waals surface area contributed by atoms with E-state index in [1.54, 1.807) is 0 Å². The van der Waals surface area contributed by atoms with Crippen LogP contribution in [0.15, 0.2) is 0 Å². The first-order valence-corrected chi connectivity index (χ1v) is 11.3. The molecule has 1 aliphatic carbocycles. The number of thioether (sulfide) groups is 1. The summed E-state index contributed by atoms with van der Waals surface area (Å²) in [6.45, 7) is 0.503. The second kappa shape index (κ2) is 11.1. The second-order valence-corrected chi connectivity index (χ2v) is 11.0. The summed E-state index contributed by atoms with van der Waals surface area (Å²) >= 11 is 5.33. The SMILES string of the molecule is CC(F)(F)CC(=O)OCC(C)(COC(=O)C(F)(F)F)CSC1(S)CCCC1OC(=O)C(C)(F)F. The Bertz CT molecular complexity index is 753. The monoisotopic (exact) mass is 546 g/mol. The average Bonchev–Trinajstić information content (AvgIpc) is 3.01. The first-order valence-electron chi connectivity index (χ1n) is 9.90. The minimum absolute atomic E-state index is 0.193. The molecule has 0 saturated heterocycles. The number of carbonyl (C=O) groups excluding carboxylic acids is 3. The van der Waals surface area contributed by atoms with Crippen molar-refractivity contribution >= 4 is 42.3 Å². The van der Waals surface area contributed by atoms with Crippen molar-refractivity contribution in [2.45, 2.75) is 74.7 Å². The maximum absolute atomic E-state index is 13.2. The molecule has 0 N–H and O–H groups in total. The van der Waals surface area contributed by atoms with Crippen LogP contribution in [0.2, 0.25) is 0 Å². The lowest BCUT2D eigenvalue weighted by Crippen LogP contribution is -2.41. The van der Waals surface area contributed by atoms with Crippen LogP contribution < -0.4 is 0 Å². The molecule has 0 heterocycles. The number of hydrogen-bond donors (Lipinski definition) is 1. The van der Waals surface area contributed by atoms with E-state index in [0.29, 0.717) is 20.3 Å². The van der Waals surface area contributed by atoms with E-state index in [4.69, 9.17) is 9.47 Å². The Morgan fingerprint density at radius 1 is 0.971 bits per heavy atom. The zero-order valence-corrected chi connectivity index (χ0v) is 20.2. The van der Waals surface area contributed by atoms with Gasteiger partial charge in [-0.05, 0) is 26.2 Å². The van der Waals surface area contributed by atoms with Crippen molar-refractivity contribution in [1.29, 1.82) is 0 Å². The van der Waals surface area contributed by atoms with Crippen LogP contribution in [-0.4, -0.2) is 65.1 Å². The predicted octanol–water partition coefficient (Wildman–Crippen LogP) is 4.80. The molecule has 6 nitrogen and oxygen atoms in total. The molecule has 3 atom stereocenters. The molecule has 0 aliphatic heterocycles.